The molecule has 1 aliphatic carbocycles. The summed E-state index contributed by atoms with van der Waals surface area (Å²) in [6.45, 7) is 3.76. The average molecular weight is 541 g/mol. The van der Waals surface area contributed by atoms with Crippen LogP contribution in [0.1, 0.15) is 25.3 Å². The van der Waals surface area contributed by atoms with Crippen molar-refractivity contribution in [1.82, 2.24) is 28.7 Å². The van der Waals surface area contributed by atoms with Gasteiger partial charge in [-0.2, -0.15) is 19.8 Å². The lowest BCUT2D eigenvalue weighted by Gasteiger charge is -2.35. The van der Waals surface area contributed by atoms with Gasteiger partial charge >= 0.3 is 0 Å². The molecule has 6 rings (SSSR count). The standard InChI is InChI=1S/C28H28N8O2S/c1-3-6-28(7-8-28)20-39(37,38)35-11-9-34(10-12-35)26-5-4-21(15-30-26)25-13-22(24-17-31-33(2)18-24)19-36-27(25)23(14-29)16-32-36/h4-5,13,15-19H,7-12,20H2,1-2H3. The third-order valence-electron chi connectivity index (χ3n) is 7.49. The fourth-order valence-electron chi connectivity index (χ4n) is 5.24. The molecule has 5 heterocycles. The van der Waals surface area contributed by atoms with Gasteiger partial charge in [0.2, 0.25) is 10.0 Å². The minimum atomic E-state index is -3.35. The van der Waals surface area contributed by atoms with E-state index in [2.05, 4.69) is 33.0 Å². The first kappa shape index (κ1) is 25.1. The second-order valence-electron chi connectivity index (χ2n) is 10.2. The molecule has 0 atom stereocenters. The van der Waals surface area contributed by atoms with Crippen LogP contribution in [0.25, 0.3) is 27.8 Å². The van der Waals surface area contributed by atoms with Gasteiger partial charge in [-0.3, -0.25) is 4.68 Å². The van der Waals surface area contributed by atoms with Crippen LogP contribution in [0.5, 0.6) is 0 Å². The first-order valence-corrected chi connectivity index (χ1v) is 14.5. The quantitative estimate of drug-likeness (QED) is 0.346. The lowest BCUT2D eigenvalue weighted by Crippen LogP contribution is -2.50. The van der Waals surface area contributed by atoms with Crippen molar-refractivity contribution in [3.05, 3.63) is 54.7 Å². The molecule has 10 nitrogen and oxygen atoms in total. The summed E-state index contributed by atoms with van der Waals surface area (Å²) in [7, 11) is -1.49. The summed E-state index contributed by atoms with van der Waals surface area (Å²) < 4.78 is 31.1. The van der Waals surface area contributed by atoms with E-state index in [4.69, 9.17) is 4.98 Å². The van der Waals surface area contributed by atoms with Crippen molar-refractivity contribution >= 4 is 21.4 Å². The van der Waals surface area contributed by atoms with Crippen molar-refractivity contribution in [3.63, 3.8) is 0 Å². The number of nitriles is 1. The van der Waals surface area contributed by atoms with Crippen LogP contribution in [-0.2, 0) is 17.1 Å². The molecular weight excluding hydrogens is 512 g/mol. The van der Waals surface area contributed by atoms with Crippen molar-refractivity contribution in [3.8, 4) is 40.2 Å². The maximum atomic E-state index is 13.0. The summed E-state index contributed by atoms with van der Waals surface area (Å²) in [6.07, 6.45) is 10.7. The van der Waals surface area contributed by atoms with Crippen molar-refractivity contribution in [2.24, 2.45) is 12.5 Å². The van der Waals surface area contributed by atoms with E-state index in [1.807, 2.05) is 37.6 Å². The maximum absolute atomic E-state index is 13.0. The van der Waals surface area contributed by atoms with Gasteiger partial charge in [-0.05, 0) is 38.0 Å². The molecule has 0 aromatic carbocycles. The van der Waals surface area contributed by atoms with E-state index in [-0.39, 0.29) is 11.2 Å². The van der Waals surface area contributed by atoms with Crippen molar-refractivity contribution in [2.45, 2.75) is 19.8 Å². The lowest BCUT2D eigenvalue weighted by atomic mass is 10.0. The third kappa shape index (κ3) is 4.76. The summed E-state index contributed by atoms with van der Waals surface area (Å²) in [4.78, 5) is 6.83. The van der Waals surface area contributed by atoms with Crippen molar-refractivity contribution in [1.29, 1.82) is 5.26 Å². The number of nitrogens with zero attached hydrogens (tertiary/aromatic N) is 8. The zero-order chi connectivity index (χ0) is 27.2. The highest BCUT2D eigenvalue weighted by Gasteiger charge is 2.46. The second kappa shape index (κ2) is 9.53. The summed E-state index contributed by atoms with van der Waals surface area (Å²) in [5, 5.41) is 18.4. The number of rotatable bonds is 6. The second-order valence-corrected chi connectivity index (χ2v) is 12.2. The number of aromatic nitrogens is 5. The maximum Gasteiger partial charge on any atom is 0.215 e. The van der Waals surface area contributed by atoms with Gasteiger partial charge < -0.3 is 4.90 Å². The molecule has 0 N–H and O–H groups in total. The molecule has 39 heavy (non-hydrogen) atoms. The zero-order valence-corrected chi connectivity index (χ0v) is 22.7. The van der Waals surface area contributed by atoms with Gasteiger partial charge in [-0.15, -0.1) is 5.92 Å². The first-order chi connectivity index (χ1) is 18.8. The molecule has 2 fully saturated rings. The number of anilines is 1. The van der Waals surface area contributed by atoms with Crippen LogP contribution in [-0.4, -0.2) is 69.0 Å². The van der Waals surface area contributed by atoms with E-state index in [9.17, 15) is 13.7 Å². The highest BCUT2D eigenvalue weighted by Crippen LogP contribution is 2.46. The highest BCUT2D eigenvalue weighted by atomic mass is 32.2. The predicted molar refractivity (Wildman–Crippen MR) is 148 cm³/mol. The molecule has 0 bridgehead atoms. The fraction of sp³-hybridized carbons (Fsp3) is 0.357. The molecule has 1 saturated carbocycles. The third-order valence-corrected chi connectivity index (χ3v) is 9.56. The number of sulfonamides is 1. The topological polar surface area (TPSA) is 112 Å². The number of hydrogen-bond acceptors (Lipinski definition) is 7. The number of hydrogen-bond donors (Lipinski definition) is 0. The van der Waals surface area contributed by atoms with Gasteiger partial charge in [0.05, 0.1) is 29.2 Å². The molecule has 0 amide bonds. The Labute approximate surface area is 227 Å². The van der Waals surface area contributed by atoms with Crippen LogP contribution >= 0.6 is 0 Å². The molecular formula is C28H28N8O2S. The Morgan fingerprint density at radius 2 is 1.79 bits per heavy atom. The summed E-state index contributed by atoms with van der Waals surface area (Å²) in [6, 6.07) is 8.21. The van der Waals surface area contributed by atoms with Crippen LogP contribution in [0.2, 0.25) is 0 Å². The summed E-state index contributed by atoms with van der Waals surface area (Å²) in [5.41, 5.74) is 4.45. The minimum absolute atomic E-state index is 0.111. The van der Waals surface area contributed by atoms with Gasteiger partial charge in [-0.1, -0.05) is 5.92 Å². The van der Waals surface area contributed by atoms with Crippen LogP contribution in [0, 0.1) is 28.6 Å². The monoisotopic (exact) mass is 540 g/mol. The lowest BCUT2D eigenvalue weighted by molar-refractivity contribution is 0.381. The van der Waals surface area contributed by atoms with E-state index >= 15 is 0 Å². The molecule has 0 spiro atoms. The normalized spacial score (nSPS) is 17.0. The molecule has 0 radical (unpaired) electrons. The van der Waals surface area contributed by atoms with E-state index < -0.39 is 10.0 Å². The first-order valence-electron chi connectivity index (χ1n) is 12.8. The Hall–Kier alpha value is -4.19. The van der Waals surface area contributed by atoms with E-state index in [1.165, 1.54) is 0 Å². The van der Waals surface area contributed by atoms with Gasteiger partial charge in [0.15, 0.2) is 0 Å². The average Bonchev–Trinajstić information content (AvgIpc) is 3.33. The molecule has 11 heteroatoms. The van der Waals surface area contributed by atoms with Crippen molar-refractivity contribution < 1.29 is 8.42 Å². The number of pyridine rings is 2. The van der Waals surface area contributed by atoms with E-state index in [0.29, 0.717) is 31.7 Å². The molecule has 0 unspecified atom stereocenters. The Morgan fingerprint density at radius 1 is 1.00 bits per heavy atom. The molecule has 1 aliphatic heterocycles. The van der Waals surface area contributed by atoms with E-state index in [0.717, 1.165) is 46.4 Å². The molecule has 4 aromatic rings. The van der Waals surface area contributed by atoms with Crippen LogP contribution < -0.4 is 4.90 Å². The minimum Gasteiger partial charge on any atom is -0.354 e. The van der Waals surface area contributed by atoms with Crippen LogP contribution in [0.3, 0.4) is 0 Å². The molecule has 198 valence electrons. The summed E-state index contributed by atoms with van der Waals surface area (Å²) in [5.74, 6) is 6.90. The zero-order valence-electron chi connectivity index (χ0n) is 21.9. The van der Waals surface area contributed by atoms with Crippen LogP contribution in [0.4, 0.5) is 5.82 Å². The SMILES string of the molecule is CC#CC1(CS(=O)(=O)N2CCN(c3ccc(-c4cc(-c5cnn(C)c5)cn5ncc(C#N)c45)cn3)CC2)CC1. The Bertz CT molecular complexity index is 1760. The van der Waals surface area contributed by atoms with Gasteiger partial charge in [-0.25, -0.2) is 17.9 Å². The number of piperazine rings is 1. The smallest absolute Gasteiger partial charge is 0.215 e. The van der Waals surface area contributed by atoms with Crippen LogP contribution in [0.15, 0.2) is 49.2 Å². The molecule has 1 saturated heterocycles. The Morgan fingerprint density at radius 3 is 2.41 bits per heavy atom. The number of aryl methyl sites for hydroxylation is 1. The Balaban J connectivity index is 1.22. The largest absolute Gasteiger partial charge is 0.354 e. The summed E-state index contributed by atoms with van der Waals surface area (Å²) >= 11 is 0. The molecule has 4 aromatic heterocycles. The highest BCUT2D eigenvalue weighted by molar-refractivity contribution is 7.89. The van der Waals surface area contributed by atoms with Crippen molar-refractivity contribution in [2.75, 3.05) is 36.8 Å². The Kier molecular flexibility index (Phi) is 6.13. The fourth-order valence-corrected chi connectivity index (χ4v) is 7.20. The number of fused-ring (bicyclic) bond motifs is 1. The van der Waals surface area contributed by atoms with Gasteiger partial charge in [0.1, 0.15) is 11.9 Å². The van der Waals surface area contributed by atoms with E-state index in [1.54, 1.807) is 39.0 Å². The molecule has 2 aliphatic rings. The van der Waals surface area contributed by atoms with Gasteiger partial charge in [0, 0.05) is 79.5 Å². The predicted octanol–water partition coefficient (Wildman–Crippen LogP) is 2.92. The van der Waals surface area contributed by atoms with Gasteiger partial charge in [0.25, 0.3) is 0 Å².